The minimum Gasteiger partial charge on any atom is -0.379 e. The van der Waals surface area contributed by atoms with Gasteiger partial charge in [0.15, 0.2) is 0 Å². The molecule has 2 aromatic carbocycles. The van der Waals surface area contributed by atoms with Gasteiger partial charge in [0.25, 0.3) is 11.5 Å². The van der Waals surface area contributed by atoms with Crippen LogP contribution in [0.15, 0.2) is 51.9 Å². The van der Waals surface area contributed by atoms with Gasteiger partial charge in [-0.05, 0) is 115 Å². The highest BCUT2D eigenvalue weighted by molar-refractivity contribution is 9.10. The number of amides is 3. The van der Waals surface area contributed by atoms with E-state index < -0.39 is 5.92 Å². The van der Waals surface area contributed by atoms with Gasteiger partial charge in [0.05, 0.1) is 23.5 Å². The van der Waals surface area contributed by atoms with E-state index in [1.165, 1.54) is 10.2 Å². The van der Waals surface area contributed by atoms with E-state index in [0.717, 1.165) is 58.3 Å². The summed E-state index contributed by atoms with van der Waals surface area (Å²) >= 11 is 3.42. The molecule has 0 radical (unpaired) electrons. The number of hydrogen-bond acceptors (Lipinski definition) is 8. The van der Waals surface area contributed by atoms with Crippen molar-refractivity contribution in [3.63, 3.8) is 0 Å². The number of benzene rings is 2. The van der Waals surface area contributed by atoms with E-state index in [0.29, 0.717) is 52.0 Å². The zero-order chi connectivity index (χ0) is 36.7. The Labute approximate surface area is 312 Å². The SMILES string of the molecule is Cc1c(C2CCC(=O)NC2=O)ccc(N2CCC3(CCN(C(=O)c4ccc([C@@H]5C[C@H](Nc6cnn(C)c(=O)c6Br)CN(C)C5)cc4)CC3)CC2)c1F. The molecule has 3 amide bonds. The fourth-order valence-electron chi connectivity index (χ4n) is 8.78. The highest BCUT2D eigenvalue weighted by atomic mass is 79.9. The number of halogens is 2. The third-order valence-electron chi connectivity index (χ3n) is 12.0. The maximum Gasteiger partial charge on any atom is 0.282 e. The molecule has 4 aliphatic rings. The third-order valence-corrected chi connectivity index (χ3v) is 12.8. The van der Waals surface area contributed by atoms with Crippen LogP contribution < -0.4 is 21.1 Å². The molecule has 2 N–H and O–H groups in total. The molecule has 0 bridgehead atoms. The van der Waals surface area contributed by atoms with Gasteiger partial charge >= 0.3 is 0 Å². The molecule has 0 aliphatic carbocycles. The van der Waals surface area contributed by atoms with Gasteiger partial charge in [0.2, 0.25) is 11.8 Å². The first kappa shape index (κ1) is 36.3. The summed E-state index contributed by atoms with van der Waals surface area (Å²) in [7, 11) is 3.73. The van der Waals surface area contributed by atoms with Crippen LogP contribution in [-0.2, 0) is 16.6 Å². The van der Waals surface area contributed by atoms with Gasteiger partial charge in [-0.3, -0.25) is 24.5 Å². The van der Waals surface area contributed by atoms with Crippen molar-refractivity contribution in [1.29, 1.82) is 0 Å². The molecule has 7 rings (SSSR count). The van der Waals surface area contributed by atoms with E-state index in [1.54, 1.807) is 26.2 Å². The monoisotopic (exact) mass is 775 g/mol. The Morgan fingerprint density at radius 2 is 1.67 bits per heavy atom. The second-order valence-corrected chi connectivity index (χ2v) is 16.1. The predicted octanol–water partition coefficient (Wildman–Crippen LogP) is 4.93. The lowest BCUT2D eigenvalue weighted by molar-refractivity contribution is -0.134. The molecule has 11 nitrogen and oxygen atoms in total. The maximum atomic E-state index is 15.7. The normalized spacial score (nSPS) is 23.8. The van der Waals surface area contributed by atoms with Crippen molar-refractivity contribution >= 4 is 45.0 Å². The summed E-state index contributed by atoms with van der Waals surface area (Å²) in [5.41, 5.74) is 4.25. The molecule has 1 unspecified atom stereocenters. The number of anilines is 2. The van der Waals surface area contributed by atoms with Crippen LogP contribution in [0.4, 0.5) is 15.8 Å². The molecule has 276 valence electrons. The number of aryl methyl sites for hydroxylation is 1. The highest BCUT2D eigenvalue weighted by Crippen LogP contribution is 2.43. The first-order valence-electron chi connectivity index (χ1n) is 18.3. The molecule has 4 aliphatic heterocycles. The molecule has 1 aromatic heterocycles. The van der Waals surface area contributed by atoms with Gasteiger partial charge in [-0.15, -0.1) is 0 Å². The van der Waals surface area contributed by atoms with E-state index in [9.17, 15) is 19.2 Å². The Kier molecular flexibility index (Phi) is 10.3. The quantitative estimate of drug-likeness (QED) is 0.339. The summed E-state index contributed by atoms with van der Waals surface area (Å²) in [6, 6.07) is 11.9. The van der Waals surface area contributed by atoms with Crippen molar-refractivity contribution in [3.8, 4) is 0 Å². The number of rotatable bonds is 6. The summed E-state index contributed by atoms with van der Waals surface area (Å²) in [6.45, 7) is 6.39. The van der Waals surface area contributed by atoms with Crippen LogP contribution in [0.25, 0.3) is 0 Å². The first-order valence-corrected chi connectivity index (χ1v) is 19.1. The molecule has 5 heterocycles. The van der Waals surface area contributed by atoms with Crippen LogP contribution in [0.5, 0.6) is 0 Å². The van der Waals surface area contributed by atoms with Gasteiger partial charge < -0.3 is 20.0 Å². The summed E-state index contributed by atoms with van der Waals surface area (Å²) in [4.78, 5) is 56.4. The number of carbonyl (C=O) groups excluding carboxylic acids is 3. The second-order valence-electron chi connectivity index (χ2n) is 15.3. The molecule has 4 fully saturated rings. The van der Waals surface area contributed by atoms with Gasteiger partial charge in [0.1, 0.15) is 10.3 Å². The zero-order valence-electron chi connectivity index (χ0n) is 30.1. The summed E-state index contributed by atoms with van der Waals surface area (Å²) in [6.07, 6.45) is 6.98. The first-order chi connectivity index (χ1) is 24.9. The largest absolute Gasteiger partial charge is 0.379 e. The van der Waals surface area contributed by atoms with Crippen LogP contribution >= 0.6 is 15.9 Å². The molecule has 3 atom stereocenters. The molecular formula is C39H47BrFN7O4. The Bertz CT molecular complexity index is 1920. The number of nitrogens with zero attached hydrogens (tertiary/aromatic N) is 5. The smallest absolute Gasteiger partial charge is 0.282 e. The second kappa shape index (κ2) is 14.7. The molecule has 3 aromatic rings. The van der Waals surface area contributed by atoms with Crippen molar-refractivity contribution in [3.05, 3.63) is 85.5 Å². The predicted molar refractivity (Wildman–Crippen MR) is 201 cm³/mol. The Balaban J connectivity index is 0.923. The molecule has 52 heavy (non-hydrogen) atoms. The van der Waals surface area contributed by atoms with Gasteiger partial charge in [-0.25, -0.2) is 9.07 Å². The number of piperidine rings is 4. The van der Waals surface area contributed by atoms with Gasteiger partial charge in [0, 0.05) is 64.3 Å². The Morgan fingerprint density at radius 3 is 2.37 bits per heavy atom. The topological polar surface area (TPSA) is 120 Å². The molecule has 13 heteroatoms. The summed E-state index contributed by atoms with van der Waals surface area (Å²) < 4.78 is 17.5. The number of nitrogens with one attached hydrogen (secondary N) is 2. The van der Waals surface area contributed by atoms with Crippen LogP contribution in [-0.4, -0.2) is 89.7 Å². The standard InChI is InChI=1S/C39H47BrFN7O4/c1-24-29(30-9-11-33(49)44-36(30)50)8-10-32(35(24)41)47-16-12-39(13-17-47)14-18-48(19-15-39)37(51)26-6-4-25(5-7-26)27-20-28(23-45(2)22-27)43-31-21-42-46(3)38(52)34(31)40/h4-8,10,21,27-28,30,43H,9,11-20,22-23H2,1-3H3,(H,44,49,50)/t27-,28+,30?/m1/s1. The van der Waals surface area contributed by atoms with Crippen LogP contribution in [0.3, 0.4) is 0 Å². The van der Waals surface area contributed by atoms with Gasteiger partial charge in [-0.2, -0.15) is 5.10 Å². The number of carbonyl (C=O) groups is 3. The fourth-order valence-corrected chi connectivity index (χ4v) is 9.25. The summed E-state index contributed by atoms with van der Waals surface area (Å²) in [5.74, 6) is -1.08. The van der Waals surface area contributed by atoms with E-state index in [2.05, 4.69) is 60.6 Å². The molecular weight excluding hydrogens is 729 g/mol. The van der Waals surface area contributed by atoms with Crippen molar-refractivity contribution in [2.75, 3.05) is 56.5 Å². The van der Waals surface area contributed by atoms with Crippen LogP contribution in [0, 0.1) is 18.2 Å². The van der Waals surface area contributed by atoms with E-state index in [4.69, 9.17) is 0 Å². The van der Waals surface area contributed by atoms with Gasteiger partial charge in [-0.1, -0.05) is 18.2 Å². The zero-order valence-corrected chi connectivity index (χ0v) is 31.7. The number of hydrogen-bond donors (Lipinski definition) is 2. The minimum atomic E-state index is -0.507. The van der Waals surface area contributed by atoms with E-state index in [-0.39, 0.29) is 52.9 Å². The highest BCUT2D eigenvalue weighted by Gasteiger charge is 2.40. The van der Waals surface area contributed by atoms with E-state index >= 15 is 4.39 Å². The van der Waals surface area contributed by atoms with Crippen molar-refractivity contribution in [1.82, 2.24) is 24.9 Å². The average Bonchev–Trinajstić information content (AvgIpc) is 3.14. The number of aromatic nitrogens is 2. The minimum absolute atomic E-state index is 0.0656. The molecule has 4 saturated heterocycles. The Hall–Kier alpha value is -4.10. The Morgan fingerprint density at radius 1 is 0.981 bits per heavy atom. The van der Waals surface area contributed by atoms with Crippen LogP contribution in [0.1, 0.15) is 83.8 Å². The van der Waals surface area contributed by atoms with Crippen LogP contribution in [0.2, 0.25) is 0 Å². The summed E-state index contributed by atoms with van der Waals surface area (Å²) in [5, 5.41) is 10.1. The third kappa shape index (κ3) is 7.26. The maximum absolute atomic E-state index is 15.7. The van der Waals surface area contributed by atoms with E-state index in [1.807, 2.05) is 23.1 Å². The van der Waals surface area contributed by atoms with Crippen molar-refractivity contribution in [2.45, 2.75) is 69.7 Å². The molecule has 0 saturated carbocycles. The molecule has 1 spiro atoms. The fraction of sp³-hybridized carbons (Fsp3) is 0.513. The number of likely N-dealkylation sites (N-methyl/N-ethyl adjacent to an activating group) is 1. The number of imide groups is 1. The number of likely N-dealkylation sites (tertiary alicyclic amines) is 2. The lowest BCUT2D eigenvalue weighted by Crippen LogP contribution is -2.48. The lowest BCUT2D eigenvalue weighted by atomic mass is 9.71. The average molecular weight is 777 g/mol. The van der Waals surface area contributed by atoms with Crippen molar-refractivity contribution < 1.29 is 18.8 Å². The lowest BCUT2D eigenvalue weighted by Gasteiger charge is -2.47. The van der Waals surface area contributed by atoms with Crippen molar-refractivity contribution in [2.24, 2.45) is 12.5 Å².